The van der Waals surface area contributed by atoms with Crippen LogP contribution in [0.2, 0.25) is 0 Å². The summed E-state index contributed by atoms with van der Waals surface area (Å²) in [5.74, 6) is 0.884. The Morgan fingerprint density at radius 2 is 1.36 bits per heavy atom. The van der Waals surface area contributed by atoms with E-state index in [0.717, 1.165) is 5.56 Å². The number of carbonyl (C=O) groups excluding carboxylic acids is 1. The van der Waals surface area contributed by atoms with Crippen molar-refractivity contribution in [1.29, 1.82) is 0 Å². The van der Waals surface area contributed by atoms with E-state index in [1.54, 1.807) is 24.3 Å². The lowest BCUT2D eigenvalue weighted by Gasteiger charge is -2.07. The number of benzene rings is 2. The first kappa shape index (κ1) is 16.6. The Bertz CT molecular complexity index is 840. The molecule has 0 unspecified atom stereocenters. The first-order valence-electron chi connectivity index (χ1n) is 8.11. The molecule has 2 N–H and O–H groups in total. The number of hydrogen-bond acceptors (Lipinski definition) is 4. The molecule has 25 heavy (non-hydrogen) atoms. The van der Waals surface area contributed by atoms with E-state index in [2.05, 4.69) is 52.0 Å². The minimum atomic E-state index is -0.199. The number of nitrogens with zero attached hydrogens (tertiary/aromatic N) is 2. The van der Waals surface area contributed by atoms with Crippen LogP contribution in [-0.2, 0) is 6.54 Å². The maximum Gasteiger partial charge on any atom is 0.256 e. The van der Waals surface area contributed by atoms with E-state index >= 15 is 0 Å². The number of nitrogens with one attached hydrogen (secondary N) is 2. The van der Waals surface area contributed by atoms with Crippen molar-refractivity contribution in [2.45, 2.75) is 20.4 Å². The van der Waals surface area contributed by atoms with Gasteiger partial charge in [-0.3, -0.25) is 4.79 Å². The molecule has 3 aromatic rings. The summed E-state index contributed by atoms with van der Waals surface area (Å²) >= 11 is 0. The van der Waals surface area contributed by atoms with E-state index < -0.39 is 0 Å². The van der Waals surface area contributed by atoms with E-state index in [-0.39, 0.29) is 5.91 Å². The van der Waals surface area contributed by atoms with Gasteiger partial charge in [-0.15, -0.1) is 10.2 Å². The highest BCUT2D eigenvalue weighted by Gasteiger charge is 2.07. The maximum atomic E-state index is 12.2. The second-order valence-electron chi connectivity index (χ2n) is 5.96. The second-order valence-corrected chi connectivity index (χ2v) is 5.96. The summed E-state index contributed by atoms with van der Waals surface area (Å²) in [4.78, 5) is 12.2. The zero-order chi connectivity index (χ0) is 17.6. The van der Waals surface area contributed by atoms with E-state index in [0.29, 0.717) is 23.7 Å². The molecule has 0 fully saturated rings. The first-order valence-corrected chi connectivity index (χ1v) is 8.11. The molecule has 5 heteroatoms. The van der Waals surface area contributed by atoms with Gasteiger partial charge in [0, 0.05) is 12.1 Å². The molecule has 5 nitrogen and oxygen atoms in total. The summed E-state index contributed by atoms with van der Waals surface area (Å²) in [6.07, 6.45) is 0. The fourth-order valence-corrected chi connectivity index (χ4v) is 2.29. The van der Waals surface area contributed by atoms with Crippen molar-refractivity contribution in [2.24, 2.45) is 0 Å². The SMILES string of the molecule is Cc1ccc(CNc2ccc(NC(=O)c3ccc(C)cc3)nn2)cc1. The zero-order valence-corrected chi connectivity index (χ0v) is 14.3. The van der Waals surface area contributed by atoms with Crippen LogP contribution in [0.25, 0.3) is 0 Å². The lowest BCUT2D eigenvalue weighted by atomic mass is 10.1. The fourth-order valence-electron chi connectivity index (χ4n) is 2.29. The highest BCUT2D eigenvalue weighted by Crippen LogP contribution is 2.11. The average molecular weight is 332 g/mol. The Labute approximate surface area is 147 Å². The van der Waals surface area contributed by atoms with Crippen LogP contribution in [0.5, 0.6) is 0 Å². The van der Waals surface area contributed by atoms with Crippen molar-refractivity contribution >= 4 is 17.5 Å². The number of hydrogen-bond donors (Lipinski definition) is 2. The van der Waals surface area contributed by atoms with E-state index in [4.69, 9.17) is 0 Å². The van der Waals surface area contributed by atoms with Gasteiger partial charge in [0.05, 0.1) is 0 Å². The third kappa shape index (κ3) is 4.64. The highest BCUT2D eigenvalue weighted by atomic mass is 16.1. The molecule has 0 spiro atoms. The van der Waals surface area contributed by atoms with Gasteiger partial charge in [-0.2, -0.15) is 0 Å². The van der Waals surface area contributed by atoms with Gasteiger partial charge in [0.15, 0.2) is 5.82 Å². The molecule has 1 amide bonds. The summed E-state index contributed by atoms with van der Waals surface area (Å²) in [5.41, 5.74) is 4.11. The van der Waals surface area contributed by atoms with Gasteiger partial charge in [-0.25, -0.2) is 0 Å². The van der Waals surface area contributed by atoms with Gasteiger partial charge < -0.3 is 10.6 Å². The minimum absolute atomic E-state index is 0.199. The molecule has 3 rings (SSSR count). The van der Waals surface area contributed by atoms with E-state index in [1.165, 1.54) is 11.1 Å². The first-order chi connectivity index (χ1) is 12.1. The normalized spacial score (nSPS) is 10.3. The largest absolute Gasteiger partial charge is 0.365 e. The molecule has 0 atom stereocenters. The Kier molecular flexibility index (Phi) is 5.04. The van der Waals surface area contributed by atoms with Crippen molar-refractivity contribution in [3.63, 3.8) is 0 Å². The molecule has 2 aromatic carbocycles. The van der Waals surface area contributed by atoms with Crippen LogP contribution in [0.1, 0.15) is 27.0 Å². The molecule has 0 saturated heterocycles. The van der Waals surface area contributed by atoms with Gasteiger partial charge in [-0.1, -0.05) is 47.5 Å². The number of amides is 1. The monoisotopic (exact) mass is 332 g/mol. The standard InChI is InChI=1S/C20H20N4O/c1-14-3-7-16(8-4-14)13-21-18-11-12-19(24-23-18)22-20(25)17-9-5-15(2)6-10-17/h3-12H,13H2,1-2H3,(H,21,23)(H,22,24,25). The van der Waals surface area contributed by atoms with E-state index in [1.807, 2.05) is 19.1 Å². The van der Waals surface area contributed by atoms with Gasteiger partial charge in [0.25, 0.3) is 5.91 Å². The molecule has 1 aromatic heterocycles. The van der Waals surface area contributed by atoms with Crippen molar-refractivity contribution in [1.82, 2.24) is 10.2 Å². The van der Waals surface area contributed by atoms with Gasteiger partial charge in [-0.05, 0) is 43.7 Å². The number of anilines is 2. The molecular formula is C20H20N4O. The van der Waals surface area contributed by atoms with Crippen LogP contribution < -0.4 is 10.6 Å². The van der Waals surface area contributed by atoms with Crippen LogP contribution in [0, 0.1) is 13.8 Å². The highest BCUT2D eigenvalue weighted by molar-refractivity contribution is 6.03. The molecule has 0 saturated carbocycles. The van der Waals surface area contributed by atoms with Crippen molar-refractivity contribution < 1.29 is 4.79 Å². The number of rotatable bonds is 5. The Hall–Kier alpha value is -3.21. The predicted octanol–water partition coefficient (Wildman–Crippen LogP) is 3.96. The van der Waals surface area contributed by atoms with Crippen LogP contribution >= 0.6 is 0 Å². The third-order valence-corrected chi connectivity index (χ3v) is 3.81. The van der Waals surface area contributed by atoms with Crippen LogP contribution in [0.15, 0.2) is 60.7 Å². The summed E-state index contributed by atoms with van der Waals surface area (Å²) in [6.45, 7) is 4.71. The Morgan fingerprint density at radius 3 is 1.96 bits per heavy atom. The second kappa shape index (κ2) is 7.57. The third-order valence-electron chi connectivity index (χ3n) is 3.81. The maximum absolute atomic E-state index is 12.2. The Balaban J connectivity index is 1.57. The van der Waals surface area contributed by atoms with Gasteiger partial charge in [0.2, 0.25) is 0 Å². The van der Waals surface area contributed by atoms with Gasteiger partial charge in [0.1, 0.15) is 5.82 Å². The average Bonchev–Trinajstić information content (AvgIpc) is 2.63. The quantitative estimate of drug-likeness (QED) is 0.742. The number of aryl methyl sites for hydroxylation is 2. The molecule has 0 aliphatic heterocycles. The van der Waals surface area contributed by atoms with Crippen LogP contribution in [-0.4, -0.2) is 16.1 Å². The summed E-state index contributed by atoms with van der Waals surface area (Å²) in [7, 11) is 0. The Morgan fingerprint density at radius 1 is 0.800 bits per heavy atom. The summed E-state index contributed by atoms with van der Waals surface area (Å²) in [5, 5.41) is 14.1. The summed E-state index contributed by atoms with van der Waals surface area (Å²) in [6, 6.07) is 19.2. The molecule has 1 heterocycles. The minimum Gasteiger partial charge on any atom is -0.365 e. The molecule has 0 aliphatic carbocycles. The van der Waals surface area contributed by atoms with Crippen LogP contribution in [0.4, 0.5) is 11.6 Å². The topological polar surface area (TPSA) is 66.9 Å². The van der Waals surface area contributed by atoms with Crippen molar-refractivity contribution in [3.05, 3.63) is 82.9 Å². The van der Waals surface area contributed by atoms with Gasteiger partial charge >= 0.3 is 0 Å². The smallest absolute Gasteiger partial charge is 0.256 e. The summed E-state index contributed by atoms with van der Waals surface area (Å²) < 4.78 is 0. The predicted molar refractivity (Wildman–Crippen MR) is 99.7 cm³/mol. The van der Waals surface area contributed by atoms with Crippen LogP contribution in [0.3, 0.4) is 0 Å². The molecular weight excluding hydrogens is 312 g/mol. The lowest BCUT2D eigenvalue weighted by Crippen LogP contribution is -2.13. The lowest BCUT2D eigenvalue weighted by molar-refractivity contribution is 0.102. The fraction of sp³-hybridized carbons (Fsp3) is 0.150. The molecule has 0 radical (unpaired) electrons. The van der Waals surface area contributed by atoms with Crippen molar-refractivity contribution in [3.8, 4) is 0 Å². The number of aromatic nitrogens is 2. The molecule has 126 valence electrons. The molecule has 0 aliphatic rings. The number of carbonyl (C=O) groups is 1. The van der Waals surface area contributed by atoms with Crippen molar-refractivity contribution in [2.75, 3.05) is 10.6 Å². The zero-order valence-electron chi connectivity index (χ0n) is 14.3. The molecule has 0 bridgehead atoms. The van der Waals surface area contributed by atoms with E-state index in [9.17, 15) is 4.79 Å².